The van der Waals surface area contributed by atoms with Crippen LogP contribution in [0.3, 0.4) is 0 Å². The summed E-state index contributed by atoms with van der Waals surface area (Å²) in [7, 11) is 0. The zero-order valence-electron chi connectivity index (χ0n) is 16.1. The van der Waals surface area contributed by atoms with E-state index in [4.69, 9.17) is 9.47 Å². The van der Waals surface area contributed by atoms with Crippen LogP contribution in [0.1, 0.15) is 32.3 Å². The molecule has 0 aliphatic carbocycles. The van der Waals surface area contributed by atoms with Gasteiger partial charge in [-0.05, 0) is 62.2 Å². The average molecular weight is 404 g/mol. The van der Waals surface area contributed by atoms with Crippen molar-refractivity contribution in [2.45, 2.75) is 26.7 Å². The van der Waals surface area contributed by atoms with Crippen LogP contribution in [0.4, 0.5) is 4.79 Å². The molecule has 1 aromatic carbocycles. The Balaban J connectivity index is 1.73. The van der Waals surface area contributed by atoms with Gasteiger partial charge in [0.15, 0.2) is 18.1 Å². The lowest BCUT2D eigenvalue weighted by molar-refractivity contribution is -0.132. The molecule has 7 nitrogen and oxygen atoms in total. The highest BCUT2D eigenvalue weighted by Gasteiger charge is 2.33. The molecule has 0 radical (unpaired) electrons. The van der Waals surface area contributed by atoms with Crippen molar-refractivity contribution in [3.8, 4) is 11.5 Å². The minimum Gasteiger partial charge on any atom is -0.490 e. The van der Waals surface area contributed by atoms with Crippen LogP contribution in [0, 0.1) is 0 Å². The van der Waals surface area contributed by atoms with Crippen molar-refractivity contribution in [1.82, 2.24) is 9.80 Å². The molecule has 2 aliphatic heterocycles. The van der Waals surface area contributed by atoms with Crippen molar-refractivity contribution in [3.05, 3.63) is 28.7 Å². The summed E-state index contributed by atoms with van der Waals surface area (Å²) in [6.07, 6.45) is 3.74. The van der Waals surface area contributed by atoms with E-state index in [1.165, 1.54) is 4.90 Å². The number of amides is 3. The number of carbonyl (C=O) groups is 3. The predicted octanol–water partition coefficient (Wildman–Crippen LogP) is 3.14. The van der Waals surface area contributed by atoms with E-state index in [0.29, 0.717) is 29.6 Å². The van der Waals surface area contributed by atoms with Crippen LogP contribution in [0.5, 0.6) is 11.5 Å². The van der Waals surface area contributed by atoms with Crippen LogP contribution in [-0.2, 0) is 9.59 Å². The number of thioether (sulfide) groups is 1. The number of nitrogens with zero attached hydrogens (tertiary/aromatic N) is 2. The maximum atomic E-state index is 12.3. The van der Waals surface area contributed by atoms with Gasteiger partial charge in [-0.3, -0.25) is 19.3 Å². The molecule has 0 unspecified atom stereocenters. The highest BCUT2D eigenvalue weighted by atomic mass is 32.2. The Morgan fingerprint density at radius 3 is 2.54 bits per heavy atom. The number of carbonyl (C=O) groups excluding carboxylic acids is 3. The van der Waals surface area contributed by atoms with E-state index in [-0.39, 0.29) is 23.7 Å². The molecule has 3 rings (SSSR count). The highest BCUT2D eigenvalue weighted by molar-refractivity contribution is 8.18. The Hall–Kier alpha value is -2.48. The third-order valence-corrected chi connectivity index (χ3v) is 5.47. The normalized spacial score (nSPS) is 18.3. The molecule has 28 heavy (non-hydrogen) atoms. The summed E-state index contributed by atoms with van der Waals surface area (Å²) in [4.78, 5) is 39.7. The monoisotopic (exact) mass is 404 g/mol. The number of imide groups is 1. The van der Waals surface area contributed by atoms with Crippen molar-refractivity contribution in [3.63, 3.8) is 0 Å². The summed E-state index contributed by atoms with van der Waals surface area (Å²) in [5.41, 5.74) is 0.725. The van der Waals surface area contributed by atoms with Gasteiger partial charge >= 0.3 is 0 Å². The lowest BCUT2D eigenvalue weighted by Gasteiger charge is -2.17. The third-order valence-electron chi connectivity index (χ3n) is 4.57. The number of ether oxygens (including phenoxy) is 2. The molecular weight excluding hydrogens is 380 g/mol. The fraction of sp³-hybridized carbons (Fsp3) is 0.450. The summed E-state index contributed by atoms with van der Waals surface area (Å²) in [6.45, 7) is 5.95. The van der Waals surface area contributed by atoms with Gasteiger partial charge in [0, 0.05) is 19.6 Å². The largest absolute Gasteiger partial charge is 0.490 e. The maximum Gasteiger partial charge on any atom is 0.293 e. The van der Waals surface area contributed by atoms with Crippen LogP contribution < -0.4 is 9.47 Å². The van der Waals surface area contributed by atoms with Gasteiger partial charge in [0.05, 0.1) is 11.5 Å². The number of likely N-dealkylation sites (N-methyl/N-ethyl adjacent to an activating group) is 1. The number of hydrogen-bond acceptors (Lipinski definition) is 6. The second-order valence-corrected chi connectivity index (χ2v) is 7.43. The third kappa shape index (κ3) is 4.49. The molecule has 3 amide bonds. The van der Waals surface area contributed by atoms with Crippen LogP contribution >= 0.6 is 11.8 Å². The van der Waals surface area contributed by atoms with E-state index in [1.807, 2.05) is 6.92 Å². The molecular formula is C20H24N2O5S. The molecule has 0 atom stereocenters. The quantitative estimate of drug-likeness (QED) is 0.650. The van der Waals surface area contributed by atoms with E-state index < -0.39 is 0 Å². The smallest absolute Gasteiger partial charge is 0.293 e. The van der Waals surface area contributed by atoms with Crippen LogP contribution in [0.15, 0.2) is 23.1 Å². The second-order valence-electron chi connectivity index (χ2n) is 6.44. The summed E-state index contributed by atoms with van der Waals surface area (Å²) < 4.78 is 11.3. The highest BCUT2D eigenvalue weighted by Crippen LogP contribution is 2.34. The average Bonchev–Trinajstić information content (AvgIpc) is 3.30. The number of likely N-dealkylation sites (tertiary alicyclic amines) is 1. The summed E-state index contributed by atoms with van der Waals surface area (Å²) in [5, 5.41) is -0.260. The van der Waals surface area contributed by atoms with Gasteiger partial charge < -0.3 is 14.4 Å². The first-order valence-electron chi connectivity index (χ1n) is 9.46. The van der Waals surface area contributed by atoms with E-state index >= 15 is 0 Å². The Morgan fingerprint density at radius 1 is 1.14 bits per heavy atom. The fourth-order valence-electron chi connectivity index (χ4n) is 3.12. The second kappa shape index (κ2) is 9.14. The summed E-state index contributed by atoms with van der Waals surface area (Å²) >= 11 is 0.929. The van der Waals surface area contributed by atoms with E-state index in [0.717, 1.165) is 43.3 Å². The topological polar surface area (TPSA) is 76.1 Å². The molecule has 0 aromatic heterocycles. The minimum atomic E-state index is -0.285. The molecule has 150 valence electrons. The van der Waals surface area contributed by atoms with Gasteiger partial charge in [0.2, 0.25) is 0 Å². The van der Waals surface area contributed by atoms with Gasteiger partial charge in [-0.15, -0.1) is 0 Å². The standard InChI is InChI=1S/C20H24N2O5S/c1-3-22-19(24)17(28-20(22)25)12-14-7-8-15(16(11-14)26-4-2)27-13-18(23)21-9-5-6-10-21/h7-8,11-12H,3-6,9-10,13H2,1-2H3/b17-12-. The predicted molar refractivity (Wildman–Crippen MR) is 107 cm³/mol. The molecule has 2 aliphatic rings. The first kappa shape index (κ1) is 20.3. The van der Waals surface area contributed by atoms with Gasteiger partial charge in [0.1, 0.15) is 0 Å². The first-order chi connectivity index (χ1) is 13.5. The Kier molecular flexibility index (Phi) is 6.61. The van der Waals surface area contributed by atoms with Crippen molar-refractivity contribution in [1.29, 1.82) is 0 Å². The molecule has 2 heterocycles. The van der Waals surface area contributed by atoms with Gasteiger partial charge in [-0.2, -0.15) is 0 Å². The zero-order chi connectivity index (χ0) is 20.1. The Labute approximate surface area is 168 Å². The van der Waals surface area contributed by atoms with Gasteiger partial charge in [0.25, 0.3) is 17.1 Å². The van der Waals surface area contributed by atoms with E-state index in [1.54, 1.807) is 36.1 Å². The molecule has 0 N–H and O–H groups in total. The molecule has 0 spiro atoms. The van der Waals surface area contributed by atoms with Crippen molar-refractivity contribution >= 4 is 34.9 Å². The molecule has 2 saturated heterocycles. The maximum absolute atomic E-state index is 12.3. The van der Waals surface area contributed by atoms with E-state index in [9.17, 15) is 14.4 Å². The minimum absolute atomic E-state index is 0.0303. The summed E-state index contributed by atoms with van der Waals surface area (Å²) in [6, 6.07) is 5.25. The van der Waals surface area contributed by atoms with E-state index in [2.05, 4.69) is 0 Å². The Morgan fingerprint density at radius 2 is 1.89 bits per heavy atom. The first-order valence-corrected chi connectivity index (χ1v) is 10.3. The number of hydrogen-bond donors (Lipinski definition) is 0. The molecule has 1 aromatic rings. The molecule has 2 fully saturated rings. The lowest BCUT2D eigenvalue weighted by Crippen LogP contribution is -2.32. The number of benzene rings is 1. The van der Waals surface area contributed by atoms with Crippen LogP contribution in [0.2, 0.25) is 0 Å². The molecule has 0 bridgehead atoms. The van der Waals surface area contributed by atoms with Crippen LogP contribution in [-0.4, -0.2) is 59.7 Å². The van der Waals surface area contributed by atoms with Gasteiger partial charge in [-0.1, -0.05) is 6.07 Å². The number of rotatable bonds is 7. The lowest BCUT2D eigenvalue weighted by atomic mass is 10.2. The fourth-order valence-corrected chi connectivity index (χ4v) is 4.03. The van der Waals surface area contributed by atoms with Crippen molar-refractivity contribution in [2.24, 2.45) is 0 Å². The van der Waals surface area contributed by atoms with Gasteiger partial charge in [-0.25, -0.2) is 0 Å². The molecule has 0 saturated carbocycles. The Bertz CT molecular complexity index is 802. The van der Waals surface area contributed by atoms with Crippen molar-refractivity contribution in [2.75, 3.05) is 32.8 Å². The SMILES string of the molecule is CCOc1cc(/C=C2\SC(=O)N(CC)C2=O)ccc1OCC(=O)N1CCCC1. The molecule has 8 heteroatoms. The summed E-state index contributed by atoms with van der Waals surface area (Å²) in [5.74, 6) is 0.665. The van der Waals surface area contributed by atoms with Crippen molar-refractivity contribution < 1.29 is 23.9 Å². The zero-order valence-corrected chi connectivity index (χ0v) is 16.9. The van der Waals surface area contributed by atoms with Crippen LogP contribution in [0.25, 0.3) is 6.08 Å².